The molecule has 3 aromatic rings. The quantitative estimate of drug-likeness (QED) is 0.653. The highest BCUT2D eigenvalue weighted by Crippen LogP contribution is 2.24. The van der Waals surface area contributed by atoms with Crippen LogP contribution in [0.3, 0.4) is 0 Å². The number of hydrogen-bond acceptors (Lipinski definition) is 7. The third-order valence-electron chi connectivity index (χ3n) is 3.51. The number of hydroxylamine groups is 1. The van der Waals surface area contributed by atoms with Gasteiger partial charge in [-0.3, -0.25) is 9.59 Å². The number of ether oxygens (including phenoxy) is 2. The fraction of sp³-hybridized carbons (Fsp3) is 0.158. The predicted octanol–water partition coefficient (Wildman–Crippen LogP) is 3.44. The first kappa shape index (κ1) is 19.4. The minimum atomic E-state index is -0.859. The first-order valence-electron chi connectivity index (χ1n) is 8.25. The monoisotopic (exact) mass is 401 g/mol. The summed E-state index contributed by atoms with van der Waals surface area (Å²) < 4.78 is 11.2. The van der Waals surface area contributed by atoms with E-state index in [1.165, 1.54) is 20.0 Å². The van der Waals surface area contributed by atoms with Crippen molar-refractivity contribution in [2.75, 3.05) is 0 Å². The maximum absolute atomic E-state index is 11.7. The van der Waals surface area contributed by atoms with Crippen molar-refractivity contribution in [3.8, 4) is 17.4 Å². The summed E-state index contributed by atoms with van der Waals surface area (Å²) in [6, 6.07) is 11.8. The second-order valence-electron chi connectivity index (χ2n) is 5.73. The Labute approximate surface area is 165 Å². The molecule has 144 valence electrons. The summed E-state index contributed by atoms with van der Waals surface area (Å²) in [6.45, 7) is 2.71. The maximum Gasteiger partial charge on any atom is 0.329 e. The zero-order valence-electron chi connectivity index (χ0n) is 15.0. The number of carbonyl (C=O) groups excluding carboxylic acids is 2. The number of nitrogens with one attached hydrogen (secondary N) is 1. The predicted molar refractivity (Wildman–Crippen MR) is 101 cm³/mol. The van der Waals surface area contributed by atoms with Crippen molar-refractivity contribution in [3.05, 3.63) is 53.7 Å². The molecule has 2 aromatic carbocycles. The van der Waals surface area contributed by atoms with Gasteiger partial charge in [0, 0.05) is 11.9 Å². The Balaban J connectivity index is 1.62. The fourth-order valence-electron chi connectivity index (χ4n) is 2.19. The standard InChI is InChI=1S/C19H16ClN3O5/c1-11(19(25)23-28-12(2)24)26-14-4-6-15(7-5-14)27-18-10-21-16-8-3-13(20)9-17(16)22-18/h3-11H,1-2H3,(H,23,25)/t11-/m1/s1. The lowest BCUT2D eigenvalue weighted by Crippen LogP contribution is -2.37. The Morgan fingerprint density at radius 3 is 2.50 bits per heavy atom. The lowest BCUT2D eigenvalue weighted by Gasteiger charge is -2.14. The van der Waals surface area contributed by atoms with E-state index in [0.29, 0.717) is 33.4 Å². The van der Waals surface area contributed by atoms with Crippen molar-refractivity contribution < 1.29 is 23.9 Å². The SMILES string of the molecule is CC(=O)ONC(=O)[C@@H](C)Oc1ccc(Oc2cnc3ccc(Cl)cc3n2)cc1. The molecule has 28 heavy (non-hydrogen) atoms. The highest BCUT2D eigenvalue weighted by molar-refractivity contribution is 6.31. The number of rotatable bonds is 5. The van der Waals surface area contributed by atoms with Crippen molar-refractivity contribution in [3.63, 3.8) is 0 Å². The average molecular weight is 402 g/mol. The van der Waals surface area contributed by atoms with Crippen LogP contribution in [-0.4, -0.2) is 27.9 Å². The van der Waals surface area contributed by atoms with Gasteiger partial charge in [0.15, 0.2) is 6.10 Å². The highest BCUT2D eigenvalue weighted by Gasteiger charge is 2.15. The first-order valence-corrected chi connectivity index (χ1v) is 8.62. The van der Waals surface area contributed by atoms with Gasteiger partial charge in [0.1, 0.15) is 11.5 Å². The molecular weight excluding hydrogens is 386 g/mol. The first-order chi connectivity index (χ1) is 13.4. The third-order valence-corrected chi connectivity index (χ3v) is 3.74. The van der Waals surface area contributed by atoms with E-state index in [9.17, 15) is 9.59 Å². The van der Waals surface area contributed by atoms with Crippen LogP contribution < -0.4 is 15.0 Å². The van der Waals surface area contributed by atoms with Gasteiger partial charge in [0.25, 0.3) is 5.91 Å². The normalized spacial score (nSPS) is 11.5. The molecule has 1 atom stereocenters. The van der Waals surface area contributed by atoms with Gasteiger partial charge >= 0.3 is 5.97 Å². The molecule has 0 aliphatic heterocycles. The fourth-order valence-corrected chi connectivity index (χ4v) is 2.35. The van der Waals surface area contributed by atoms with Crippen molar-refractivity contribution in [2.45, 2.75) is 20.0 Å². The zero-order valence-corrected chi connectivity index (χ0v) is 15.8. The molecule has 1 N–H and O–H groups in total. The van der Waals surface area contributed by atoms with Crippen LogP contribution in [0.4, 0.5) is 0 Å². The molecule has 8 nitrogen and oxygen atoms in total. The van der Waals surface area contributed by atoms with Gasteiger partial charge in [0.05, 0.1) is 17.2 Å². The summed E-state index contributed by atoms with van der Waals surface area (Å²) in [6.07, 6.45) is 0.657. The Morgan fingerprint density at radius 2 is 1.79 bits per heavy atom. The Morgan fingerprint density at radius 1 is 1.07 bits per heavy atom. The van der Waals surface area contributed by atoms with E-state index in [4.69, 9.17) is 21.1 Å². The second kappa shape index (κ2) is 8.53. The summed E-state index contributed by atoms with van der Waals surface area (Å²) in [5.74, 6) is 0.0635. The van der Waals surface area contributed by atoms with Crippen LogP contribution >= 0.6 is 11.6 Å². The minimum Gasteiger partial charge on any atom is -0.481 e. The zero-order chi connectivity index (χ0) is 20.1. The van der Waals surface area contributed by atoms with Gasteiger partial charge in [-0.15, -0.1) is 0 Å². The Kier molecular flexibility index (Phi) is 5.90. The lowest BCUT2D eigenvalue weighted by molar-refractivity contribution is -0.158. The van der Waals surface area contributed by atoms with Gasteiger partial charge in [-0.05, 0) is 49.4 Å². The van der Waals surface area contributed by atoms with Crippen LogP contribution in [0, 0.1) is 0 Å². The van der Waals surface area contributed by atoms with Gasteiger partial charge < -0.3 is 14.3 Å². The van der Waals surface area contributed by atoms with Crippen LogP contribution in [0.5, 0.6) is 17.4 Å². The summed E-state index contributed by atoms with van der Waals surface area (Å²) in [7, 11) is 0. The van der Waals surface area contributed by atoms with Crippen molar-refractivity contribution >= 4 is 34.5 Å². The number of aromatic nitrogens is 2. The number of fused-ring (bicyclic) bond motifs is 1. The number of nitrogens with zero attached hydrogens (tertiary/aromatic N) is 2. The van der Waals surface area contributed by atoms with E-state index in [0.717, 1.165) is 0 Å². The third kappa shape index (κ3) is 5.08. The van der Waals surface area contributed by atoms with Gasteiger partial charge in [0.2, 0.25) is 5.88 Å². The number of hydrogen-bond donors (Lipinski definition) is 1. The molecule has 0 aliphatic carbocycles. The second-order valence-corrected chi connectivity index (χ2v) is 6.17. The average Bonchev–Trinajstić information content (AvgIpc) is 2.67. The summed E-state index contributed by atoms with van der Waals surface area (Å²) in [5.41, 5.74) is 3.33. The van der Waals surface area contributed by atoms with Crippen LogP contribution in [0.1, 0.15) is 13.8 Å². The number of benzene rings is 2. The molecule has 0 saturated carbocycles. The van der Waals surface area contributed by atoms with E-state index >= 15 is 0 Å². The molecule has 0 spiro atoms. The Hall–Kier alpha value is -3.39. The maximum atomic E-state index is 11.7. The molecule has 0 fully saturated rings. The van der Waals surface area contributed by atoms with E-state index in [1.807, 2.05) is 5.48 Å². The molecule has 0 bridgehead atoms. The number of amides is 1. The molecule has 0 aliphatic rings. The Bertz CT molecular complexity index is 1010. The molecular formula is C19H16ClN3O5. The molecule has 0 saturated heterocycles. The van der Waals surface area contributed by atoms with Gasteiger partial charge in [-0.1, -0.05) is 11.6 Å². The summed E-state index contributed by atoms with van der Waals surface area (Å²) >= 11 is 5.97. The molecule has 1 aromatic heterocycles. The number of halogens is 1. The van der Waals surface area contributed by atoms with E-state index in [-0.39, 0.29) is 0 Å². The van der Waals surface area contributed by atoms with Crippen molar-refractivity contribution in [2.24, 2.45) is 0 Å². The van der Waals surface area contributed by atoms with Gasteiger partial charge in [-0.2, -0.15) is 5.48 Å². The minimum absolute atomic E-state index is 0.317. The van der Waals surface area contributed by atoms with Crippen molar-refractivity contribution in [1.82, 2.24) is 15.4 Å². The van der Waals surface area contributed by atoms with E-state index < -0.39 is 18.0 Å². The summed E-state index contributed by atoms with van der Waals surface area (Å²) in [4.78, 5) is 35.5. The molecule has 0 radical (unpaired) electrons. The van der Waals surface area contributed by atoms with Crippen LogP contribution in [0.15, 0.2) is 48.7 Å². The van der Waals surface area contributed by atoms with Crippen LogP contribution in [-0.2, 0) is 14.4 Å². The van der Waals surface area contributed by atoms with Crippen LogP contribution in [0.2, 0.25) is 5.02 Å². The van der Waals surface area contributed by atoms with Crippen molar-refractivity contribution in [1.29, 1.82) is 0 Å². The molecule has 1 heterocycles. The molecule has 3 rings (SSSR count). The van der Waals surface area contributed by atoms with Gasteiger partial charge in [-0.25, -0.2) is 9.97 Å². The molecule has 9 heteroatoms. The number of carbonyl (C=O) groups is 2. The van der Waals surface area contributed by atoms with Crippen LogP contribution in [0.25, 0.3) is 11.0 Å². The smallest absolute Gasteiger partial charge is 0.329 e. The molecule has 1 amide bonds. The topological polar surface area (TPSA) is 99.6 Å². The largest absolute Gasteiger partial charge is 0.481 e. The van der Waals surface area contributed by atoms with E-state index in [1.54, 1.807) is 42.5 Å². The highest BCUT2D eigenvalue weighted by atomic mass is 35.5. The summed E-state index contributed by atoms with van der Waals surface area (Å²) in [5, 5.41) is 0.562. The lowest BCUT2D eigenvalue weighted by atomic mass is 10.3. The van der Waals surface area contributed by atoms with E-state index in [2.05, 4.69) is 14.8 Å². The molecule has 0 unspecified atom stereocenters.